The highest BCUT2D eigenvalue weighted by Crippen LogP contribution is 2.33. The van der Waals surface area contributed by atoms with Gasteiger partial charge < -0.3 is 4.98 Å². The average Bonchev–Trinajstić information content (AvgIpc) is 3.23. The largest absolute Gasteiger partial charge is 0.417 e. The van der Waals surface area contributed by atoms with Gasteiger partial charge in [-0.05, 0) is 36.4 Å². The molecule has 0 aliphatic heterocycles. The van der Waals surface area contributed by atoms with Gasteiger partial charge in [-0.3, -0.25) is 9.52 Å². The number of sulfonamides is 1. The number of alkyl halides is 3. The number of fused-ring (bicyclic) bond motifs is 1. The van der Waals surface area contributed by atoms with Crippen molar-refractivity contribution in [1.82, 2.24) is 15.0 Å². The lowest BCUT2D eigenvalue weighted by Gasteiger charge is -2.15. The number of anilines is 1. The van der Waals surface area contributed by atoms with Gasteiger partial charge in [-0.2, -0.15) is 13.2 Å². The molecule has 0 amide bonds. The molecule has 33 heavy (non-hydrogen) atoms. The van der Waals surface area contributed by atoms with Gasteiger partial charge in [0.25, 0.3) is 10.0 Å². The molecule has 0 aliphatic carbocycles. The Morgan fingerprint density at radius 2 is 1.79 bits per heavy atom. The highest BCUT2D eigenvalue weighted by Gasteiger charge is 2.33. The summed E-state index contributed by atoms with van der Waals surface area (Å²) in [4.78, 5) is 23.3. The molecule has 0 saturated carbocycles. The summed E-state index contributed by atoms with van der Waals surface area (Å²) in [5.41, 5.74) is -1.98. The molecule has 0 radical (unpaired) electrons. The summed E-state index contributed by atoms with van der Waals surface area (Å²) in [5, 5.41) is 0.396. The number of nitrogens with one attached hydrogen (secondary N) is 2. The first-order valence-electron chi connectivity index (χ1n) is 8.99. The minimum atomic E-state index is -4.83. The van der Waals surface area contributed by atoms with Gasteiger partial charge in [0.1, 0.15) is 11.3 Å². The van der Waals surface area contributed by atoms with Crippen LogP contribution in [0.5, 0.6) is 0 Å². The number of halogens is 5. The zero-order valence-electron chi connectivity index (χ0n) is 16.1. The SMILES string of the molecule is O=C(c1ncc(C(F)(F)F)cc1NS(=O)(=O)c1ccc(Cl)c(Cl)c1)c1ccnc2[nH]ccc12. The normalized spacial score (nSPS) is 12.2. The highest BCUT2D eigenvalue weighted by atomic mass is 35.5. The van der Waals surface area contributed by atoms with Crippen LogP contribution in [-0.4, -0.2) is 29.2 Å². The van der Waals surface area contributed by atoms with Crippen molar-refractivity contribution in [3.05, 3.63) is 81.9 Å². The first-order chi connectivity index (χ1) is 15.5. The van der Waals surface area contributed by atoms with Crippen molar-refractivity contribution in [1.29, 1.82) is 0 Å². The van der Waals surface area contributed by atoms with Crippen molar-refractivity contribution >= 4 is 55.7 Å². The topological polar surface area (TPSA) is 105 Å². The number of hydrogen-bond donors (Lipinski definition) is 2. The smallest absolute Gasteiger partial charge is 0.346 e. The van der Waals surface area contributed by atoms with Gasteiger partial charge in [0.2, 0.25) is 5.78 Å². The molecular weight excluding hydrogens is 504 g/mol. The van der Waals surface area contributed by atoms with E-state index in [9.17, 15) is 26.4 Å². The van der Waals surface area contributed by atoms with Crippen LogP contribution in [0.4, 0.5) is 18.9 Å². The maximum atomic E-state index is 13.3. The van der Waals surface area contributed by atoms with Gasteiger partial charge in [0.05, 0.1) is 26.2 Å². The van der Waals surface area contributed by atoms with E-state index in [1.54, 1.807) is 6.07 Å². The van der Waals surface area contributed by atoms with Crippen molar-refractivity contribution in [3.63, 3.8) is 0 Å². The molecule has 2 N–H and O–H groups in total. The molecule has 1 aromatic carbocycles. The van der Waals surface area contributed by atoms with E-state index in [4.69, 9.17) is 23.2 Å². The molecule has 0 fully saturated rings. The van der Waals surface area contributed by atoms with Crippen molar-refractivity contribution in [3.8, 4) is 0 Å². The summed E-state index contributed by atoms with van der Waals surface area (Å²) in [6.45, 7) is 0. The Bertz CT molecular complexity index is 1500. The number of aromatic nitrogens is 3. The molecule has 0 spiro atoms. The quantitative estimate of drug-likeness (QED) is 0.351. The molecule has 3 aromatic heterocycles. The van der Waals surface area contributed by atoms with E-state index in [0.717, 1.165) is 12.1 Å². The summed E-state index contributed by atoms with van der Waals surface area (Å²) >= 11 is 11.7. The lowest BCUT2D eigenvalue weighted by atomic mass is 10.0. The third-order valence-corrected chi connectivity index (χ3v) is 6.68. The molecule has 0 bridgehead atoms. The highest BCUT2D eigenvalue weighted by molar-refractivity contribution is 7.92. The number of H-pyrrole nitrogens is 1. The predicted molar refractivity (Wildman–Crippen MR) is 116 cm³/mol. The van der Waals surface area contributed by atoms with E-state index < -0.39 is 38.9 Å². The van der Waals surface area contributed by atoms with E-state index in [1.165, 1.54) is 24.5 Å². The van der Waals surface area contributed by atoms with Gasteiger partial charge in [-0.1, -0.05) is 23.2 Å². The van der Waals surface area contributed by atoms with E-state index in [2.05, 4.69) is 15.0 Å². The molecule has 7 nitrogen and oxygen atoms in total. The van der Waals surface area contributed by atoms with Gasteiger partial charge in [0, 0.05) is 29.5 Å². The summed E-state index contributed by atoms with van der Waals surface area (Å²) in [6, 6.07) is 6.78. The Labute approximate surface area is 194 Å². The Hall–Kier alpha value is -3.15. The number of pyridine rings is 2. The monoisotopic (exact) mass is 514 g/mol. The van der Waals surface area contributed by atoms with Gasteiger partial charge in [0.15, 0.2) is 0 Å². The second-order valence-electron chi connectivity index (χ2n) is 6.73. The molecule has 0 aliphatic rings. The Morgan fingerprint density at radius 3 is 2.48 bits per heavy atom. The number of ketones is 1. The minimum Gasteiger partial charge on any atom is -0.346 e. The number of carbonyl (C=O) groups excluding carboxylic acids is 1. The molecule has 13 heteroatoms. The van der Waals surface area contributed by atoms with E-state index in [0.29, 0.717) is 23.3 Å². The summed E-state index contributed by atoms with van der Waals surface area (Å²) < 4.78 is 67.6. The molecule has 4 rings (SSSR count). The van der Waals surface area contributed by atoms with Crippen molar-refractivity contribution in [2.24, 2.45) is 0 Å². The van der Waals surface area contributed by atoms with Gasteiger partial charge >= 0.3 is 6.18 Å². The second kappa shape index (κ2) is 8.32. The van der Waals surface area contributed by atoms with Crippen molar-refractivity contribution in [2.75, 3.05) is 4.72 Å². The average molecular weight is 515 g/mol. The zero-order valence-corrected chi connectivity index (χ0v) is 18.4. The summed E-state index contributed by atoms with van der Waals surface area (Å²) in [6.07, 6.45) is -1.51. The maximum absolute atomic E-state index is 13.3. The van der Waals surface area contributed by atoms with Crippen LogP contribution in [0.3, 0.4) is 0 Å². The molecule has 3 heterocycles. The number of carbonyl (C=O) groups is 1. The molecule has 0 saturated heterocycles. The molecule has 4 aromatic rings. The summed E-state index contributed by atoms with van der Waals surface area (Å²) in [7, 11) is -4.46. The minimum absolute atomic E-state index is 0.0727. The fraction of sp³-hybridized carbons (Fsp3) is 0.0500. The summed E-state index contributed by atoms with van der Waals surface area (Å²) in [5.74, 6) is -0.803. The van der Waals surface area contributed by atoms with Crippen LogP contribution in [0.2, 0.25) is 10.0 Å². The maximum Gasteiger partial charge on any atom is 0.417 e. The van der Waals surface area contributed by atoms with Crippen LogP contribution in [0, 0.1) is 0 Å². The van der Waals surface area contributed by atoms with Crippen LogP contribution >= 0.6 is 23.2 Å². The second-order valence-corrected chi connectivity index (χ2v) is 9.22. The Balaban J connectivity index is 1.84. The molecular formula is C20H11Cl2F3N4O3S. The fourth-order valence-corrected chi connectivity index (χ4v) is 4.46. The van der Waals surface area contributed by atoms with Gasteiger partial charge in [-0.15, -0.1) is 0 Å². The predicted octanol–water partition coefficient (Wildman–Crippen LogP) is 5.32. The van der Waals surface area contributed by atoms with Gasteiger partial charge in [-0.25, -0.2) is 18.4 Å². The first kappa shape index (κ1) is 23.0. The van der Waals surface area contributed by atoms with E-state index in [-0.39, 0.29) is 20.5 Å². The van der Waals surface area contributed by atoms with Crippen LogP contribution in [-0.2, 0) is 16.2 Å². The molecule has 0 unspecified atom stereocenters. The van der Waals surface area contributed by atoms with E-state index >= 15 is 0 Å². The number of nitrogens with zero attached hydrogens (tertiary/aromatic N) is 2. The van der Waals surface area contributed by atoms with E-state index in [1.807, 2.05) is 4.72 Å². The number of benzene rings is 1. The van der Waals surface area contributed by atoms with Crippen LogP contribution in [0.15, 0.2) is 59.9 Å². The zero-order chi connectivity index (χ0) is 24.0. The third kappa shape index (κ3) is 4.52. The first-order valence-corrected chi connectivity index (χ1v) is 11.2. The lowest BCUT2D eigenvalue weighted by molar-refractivity contribution is -0.137. The number of aromatic amines is 1. The number of hydrogen-bond acceptors (Lipinski definition) is 5. The fourth-order valence-electron chi connectivity index (χ4n) is 3.01. The molecule has 0 atom stereocenters. The third-order valence-electron chi connectivity index (χ3n) is 4.58. The standard InChI is InChI=1S/C20H11Cl2F3N4O3S/c21-14-2-1-11(8-15(14)22)33(31,32)29-16-7-10(20(23,24)25)9-28-17(16)18(30)12-3-5-26-19-13(12)4-6-27-19/h1-9,29H,(H,26,27). The van der Waals surface area contributed by atoms with Crippen molar-refractivity contribution < 1.29 is 26.4 Å². The van der Waals surface area contributed by atoms with Crippen LogP contribution < -0.4 is 4.72 Å². The lowest BCUT2D eigenvalue weighted by Crippen LogP contribution is -2.19. The Kier molecular flexibility index (Phi) is 5.81. The van der Waals surface area contributed by atoms with Crippen LogP contribution in [0.1, 0.15) is 21.6 Å². The molecule has 170 valence electrons. The van der Waals surface area contributed by atoms with Crippen LogP contribution in [0.25, 0.3) is 11.0 Å². The number of rotatable bonds is 5. The Morgan fingerprint density at radius 1 is 1.03 bits per heavy atom. The van der Waals surface area contributed by atoms with Crippen molar-refractivity contribution in [2.45, 2.75) is 11.1 Å².